The Bertz CT molecular complexity index is 505. The molecule has 0 aromatic heterocycles. The molecule has 0 N–H and O–H groups in total. The summed E-state index contributed by atoms with van der Waals surface area (Å²) in [5.41, 5.74) is 3.37. The largest absolute Gasteiger partial charge is 0.489 e. The molecule has 0 heterocycles. The molecule has 2 aromatic carbocycles. The molecular formula is C17H17O. The van der Waals surface area contributed by atoms with Crippen LogP contribution in [0.15, 0.2) is 60.2 Å². The predicted octanol–water partition coefficient (Wildman–Crippen LogP) is 4.50. The van der Waals surface area contributed by atoms with Gasteiger partial charge in [-0.15, -0.1) is 0 Å². The molecule has 0 saturated carbocycles. The van der Waals surface area contributed by atoms with Gasteiger partial charge in [0.2, 0.25) is 0 Å². The molecule has 2 aromatic rings. The summed E-state index contributed by atoms with van der Waals surface area (Å²) in [6, 6.07) is 18.2. The third-order valence-corrected chi connectivity index (χ3v) is 2.54. The molecule has 0 aliphatic rings. The zero-order valence-electron chi connectivity index (χ0n) is 10.6. The van der Waals surface area contributed by atoms with Gasteiger partial charge < -0.3 is 4.74 Å². The summed E-state index contributed by atoms with van der Waals surface area (Å²) >= 11 is 0. The first-order valence-electron chi connectivity index (χ1n) is 6.01. The van der Waals surface area contributed by atoms with E-state index < -0.39 is 0 Å². The number of rotatable bonds is 4. The van der Waals surface area contributed by atoms with Gasteiger partial charge >= 0.3 is 0 Å². The van der Waals surface area contributed by atoms with Crippen molar-refractivity contribution in [3.63, 3.8) is 0 Å². The molecule has 0 saturated heterocycles. The molecule has 0 aliphatic carbocycles. The molecular weight excluding hydrogens is 220 g/mol. The first-order chi connectivity index (χ1) is 8.74. The van der Waals surface area contributed by atoms with Crippen LogP contribution < -0.4 is 4.74 Å². The van der Waals surface area contributed by atoms with Gasteiger partial charge in [-0.2, -0.15) is 0 Å². The van der Waals surface area contributed by atoms with Crippen LogP contribution in [0.25, 0.3) is 6.08 Å². The average molecular weight is 237 g/mol. The van der Waals surface area contributed by atoms with Gasteiger partial charge in [0.25, 0.3) is 0 Å². The Labute approximate surface area is 109 Å². The van der Waals surface area contributed by atoms with Gasteiger partial charge in [0.05, 0.1) is 0 Å². The third-order valence-electron chi connectivity index (χ3n) is 2.54. The highest BCUT2D eigenvalue weighted by atomic mass is 16.5. The fourth-order valence-corrected chi connectivity index (χ4v) is 1.69. The summed E-state index contributed by atoms with van der Waals surface area (Å²) in [7, 11) is 0. The summed E-state index contributed by atoms with van der Waals surface area (Å²) in [6.07, 6.45) is 2.04. The third kappa shape index (κ3) is 3.77. The molecule has 2 rings (SSSR count). The van der Waals surface area contributed by atoms with Gasteiger partial charge in [0.1, 0.15) is 12.4 Å². The van der Waals surface area contributed by atoms with E-state index in [0.717, 1.165) is 16.9 Å². The Morgan fingerprint density at radius 2 is 1.72 bits per heavy atom. The second-order valence-corrected chi connectivity index (χ2v) is 4.33. The van der Waals surface area contributed by atoms with E-state index in [2.05, 4.69) is 19.1 Å². The summed E-state index contributed by atoms with van der Waals surface area (Å²) in [4.78, 5) is 0. The number of benzene rings is 2. The molecule has 1 nitrogen and oxygen atoms in total. The number of hydrogen-bond acceptors (Lipinski definition) is 1. The van der Waals surface area contributed by atoms with E-state index in [-0.39, 0.29) is 0 Å². The molecule has 1 radical (unpaired) electrons. The maximum absolute atomic E-state index is 5.72. The van der Waals surface area contributed by atoms with Gasteiger partial charge in [-0.25, -0.2) is 0 Å². The monoisotopic (exact) mass is 237 g/mol. The van der Waals surface area contributed by atoms with Gasteiger partial charge in [-0.05, 0) is 37.1 Å². The molecule has 91 valence electrons. The summed E-state index contributed by atoms with van der Waals surface area (Å²) in [5, 5.41) is 0. The van der Waals surface area contributed by atoms with Crippen LogP contribution in [0.5, 0.6) is 5.75 Å². The average Bonchev–Trinajstić information content (AvgIpc) is 2.38. The van der Waals surface area contributed by atoms with Crippen LogP contribution in [0.4, 0.5) is 0 Å². The minimum atomic E-state index is 0.602. The van der Waals surface area contributed by atoms with Gasteiger partial charge in [-0.1, -0.05) is 54.1 Å². The Kier molecular flexibility index (Phi) is 4.19. The normalized spacial score (nSPS) is 11.3. The molecule has 18 heavy (non-hydrogen) atoms. The van der Waals surface area contributed by atoms with Crippen LogP contribution in [0.3, 0.4) is 0 Å². The van der Waals surface area contributed by atoms with Gasteiger partial charge in [0.15, 0.2) is 0 Å². The van der Waals surface area contributed by atoms with Crippen LogP contribution in [-0.4, -0.2) is 0 Å². The lowest BCUT2D eigenvalue weighted by Crippen LogP contribution is -1.94. The molecule has 0 aliphatic heterocycles. The number of hydrogen-bond donors (Lipinski definition) is 0. The SMILES string of the molecule is [CH2]/C(C)=C/c1ccc(OCc2ccccc2)cc1. The Hall–Kier alpha value is -2.02. The Balaban J connectivity index is 1.97. The first kappa shape index (κ1) is 12.4. The van der Waals surface area contributed by atoms with Crippen LogP contribution >= 0.6 is 0 Å². The van der Waals surface area contributed by atoms with Crippen molar-refractivity contribution >= 4 is 6.08 Å². The van der Waals surface area contributed by atoms with E-state index in [1.165, 1.54) is 5.56 Å². The highest BCUT2D eigenvalue weighted by Gasteiger charge is 1.95. The molecule has 0 fully saturated rings. The Morgan fingerprint density at radius 1 is 1.06 bits per heavy atom. The standard InChI is InChI=1S/C17H17O/c1-14(2)12-15-8-10-17(11-9-15)18-13-16-6-4-3-5-7-16/h3-12H,1,13H2,2H3/b14-12-. The highest BCUT2D eigenvalue weighted by Crippen LogP contribution is 2.15. The highest BCUT2D eigenvalue weighted by molar-refractivity contribution is 5.54. The van der Waals surface area contributed by atoms with E-state index in [0.29, 0.717) is 6.61 Å². The molecule has 0 atom stereocenters. The lowest BCUT2D eigenvalue weighted by atomic mass is 10.1. The van der Waals surface area contributed by atoms with Crippen molar-refractivity contribution in [1.82, 2.24) is 0 Å². The topological polar surface area (TPSA) is 9.23 Å². The molecule has 0 amide bonds. The summed E-state index contributed by atoms with van der Waals surface area (Å²) in [6.45, 7) is 6.45. The van der Waals surface area contributed by atoms with E-state index in [9.17, 15) is 0 Å². The summed E-state index contributed by atoms with van der Waals surface area (Å²) in [5.74, 6) is 0.887. The van der Waals surface area contributed by atoms with Crippen LogP contribution in [0.1, 0.15) is 18.1 Å². The summed E-state index contributed by atoms with van der Waals surface area (Å²) < 4.78 is 5.72. The zero-order valence-corrected chi connectivity index (χ0v) is 10.6. The van der Waals surface area contributed by atoms with Gasteiger partial charge in [-0.3, -0.25) is 0 Å². The minimum Gasteiger partial charge on any atom is -0.489 e. The quantitative estimate of drug-likeness (QED) is 0.760. The van der Waals surface area contributed by atoms with Crippen molar-refractivity contribution < 1.29 is 4.74 Å². The van der Waals surface area contributed by atoms with Crippen molar-refractivity contribution in [3.05, 3.63) is 78.2 Å². The fraction of sp³-hybridized carbons (Fsp3) is 0.118. The lowest BCUT2D eigenvalue weighted by Gasteiger charge is -2.06. The predicted molar refractivity (Wildman–Crippen MR) is 76.2 cm³/mol. The van der Waals surface area contributed by atoms with Crippen molar-refractivity contribution in [3.8, 4) is 5.75 Å². The van der Waals surface area contributed by atoms with Crippen molar-refractivity contribution in [2.75, 3.05) is 0 Å². The van der Waals surface area contributed by atoms with Gasteiger partial charge in [0, 0.05) is 0 Å². The minimum absolute atomic E-state index is 0.602. The van der Waals surface area contributed by atoms with Crippen molar-refractivity contribution in [1.29, 1.82) is 0 Å². The second-order valence-electron chi connectivity index (χ2n) is 4.33. The number of allylic oxidation sites excluding steroid dienone is 1. The maximum atomic E-state index is 5.72. The molecule has 0 spiro atoms. The lowest BCUT2D eigenvalue weighted by molar-refractivity contribution is 0.306. The van der Waals surface area contributed by atoms with Crippen LogP contribution in [0, 0.1) is 6.92 Å². The van der Waals surface area contributed by atoms with E-state index >= 15 is 0 Å². The number of ether oxygens (including phenoxy) is 1. The van der Waals surface area contributed by atoms with Crippen molar-refractivity contribution in [2.45, 2.75) is 13.5 Å². The molecule has 1 heteroatoms. The smallest absolute Gasteiger partial charge is 0.119 e. The first-order valence-corrected chi connectivity index (χ1v) is 6.01. The zero-order chi connectivity index (χ0) is 12.8. The van der Waals surface area contributed by atoms with E-state index in [1.807, 2.05) is 55.5 Å². The van der Waals surface area contributed by atoms with Crippen LogP contribution in [0.2, 0.25) is 0 Å². The van der Waals surface area contributed by atoms with Crippen LogP contribution in [-0.2, 0) is 6.61 Å². The molecule has 0 bridgehead atoms. The van der Waals surface area contributed by atoms with E-state index in [1.54, 1.807) is 0 Å². The maximum Gasteiger partial charge on any atom is 0.119 e. The van der Waals surface area contributed by atoms with E-state index in [4.69, 9.17) is 4.74 Å². The Morgan fingerprint density at radius 3 is 2.33 bits per heavy atom. The second kappa shape index (κ2) is 6.06. The fourth-order valence-electron chi connectivity index (χ4n) is 1.69. The molecule has 0 unspecified atom stereocenters. The van der Waals surface area contributed by atoms with Crippen molar-refractivity contribution in [2.24, 2.45) is 0 Å².